The van der Waals surface area contributed by atoms with E-state index in [1.54, 1.807) is 0 Å². The molecule has 0 unspecified atom stereocenters. The second-order valence-electron chi connectivity index (χ2n) is 8.06. The average molecular weight is 530 g/mol. The zero-order valence-electron chi connectivity index (χ0n) is 18.3. The van der Waals surface area contributed by atoms with E-state index < -0.39 is 64.5 Å². The van der Waals surface area contributed by atoms with Crippen molar-refractivity contribution in [3.8, 4) is 11.6 Å². The summed E-state index contributed by atoms with van der Waals surface area (Å²) in [6, 6.07) is 6.49. The molecular formula is C22H19F5N4O4S. The van der Waals surface area contributed by atoms with E-state index >= 15 is 0 Å². The van der Waals surface area contributed by atoms with Gasteiger partial charge in [-0.3, -0.25) is 4.79 Å². The Morgan fingerprint density at radius 1 is 1.11 bits per heavy atom. The topological polar surface area (TPSA) is 105 Å². The van der Waals surface area contributed by atoms with Gasteiger partial charge in [-0.05, 0) is 48.5 Å². The lowest BCUT2D eigenvalue weighted by Crippen LogP contribution is -2.45. The highest BCUT2D eigenvalue weighted by Gasteiger charge is 2.44. The van der Waals surface area contributed by atoms with E-state index in [2.05, 4.69) is 10.4 Å². The number of halogens is 5. The van der Waals surface area contributed by atoms with Crippen LogP contribution in [-0.4, -0.2) is 52.3 Å². The molecule has 3 aromatic rings. The van der Waals surface area contributed by atoms with Crippen LogP contribution in [-0.2, 0) is 27.5 Å². The summed E-state index contributed by atoms with van der Waals surface area (Å²) < 4.78 is 93.2. The fourth-order valence-electron chi connectivity index (χ4n) is 3.76. The smallest absolute Gasteiger partial charge is 0.416 e. The predicted octanol–water partition coefficient (Wildman–Crippen LogP) is 3.15. The number of amides is 1. The van der Waals surface area contributed by atoms with Gasteiger partial charge in [0.1, 0.15) is 18.0 Å². The number of aromatic hydroxyl groups is 1. The van der Waals surface area contributed by atoms with Gasteiger partial charge in [0.05, 0.1) is 21.7 Å². The number of alkyl halides is 4. The molecule has 1 fully saturated rings. The van der Waals surface area contributed by atoms with Crippen molar-refractivity contribution in [2.24, 2.45) is 0 Å². The molecule has 2 aromatic carbocycles. The summed E-state index contributed by atoms with van der Waals surface area (Å²) >= 11 is 0. The standard InChI is InChI=1S/C22H19F5N4O4S/c23-15-3-7-18(8-4-15)36(34,35)31-12-16(24)9-19(31)21(33)28-10-13-11-30(29-20(13)32)17-5-1-14(2-6-17)22(25,26)27/h1-8,11,16,19H,9-10,12H2,(H,28,33)(H,29,32)/t16-,19+/m1/s1. The van der Waals surface area contributed by atoms with Crippen molar-refractivity contribution in [1.82, 2.24) is 19.4 Å². The van der Waals surface area contributed by atoms with Crippen LogP contribution >= 0.6 is 0 Å². The van der Waals surface area contributed by atoms with Gasteiger partial charge in [0.25, 0.3) is 0 Å². The van der Waals surface area contributed by atoms with Crippen molar-refractivity contribution in [1.29, 1.82) is 0 Å². The maximum Gasteiger partial charge on any atom is 0.416 e. The normalized spacial score (nSPS) is 18.9. The Kier molecular flexibility index (Phi) is 6.75. The van der Waals surface area contributed by atoms with Crippen LogP contribution in [0.2, 0.25) is 0 Å². The first-order valence-electron chi connectivity index (χ1n) is 10.5. The van der Waals surface area contributed by atoms with Crippen molar-refractivity contribution in [3.05, 3.63) is 71.7 Å². The molecule has 8 nitrogen and oxygen atoms in total. The minimum Gasteiger partial charge on any atom is -0.492 e. The maximum absolute atomic E-state index is 14.1. The van der Waals surface area contributed by atoms with Crippen LogP contribution in [0.5, 0.6) is 5.88 Å². The third-order valence-electron chi connectivity index (χ3n) is 5.61. The number of sulfonamides is 1. The second-order valence-corrected chi connectivity index (χ2v) is 9.95. The number of rotatable bonds is 6. The molecule has 0 spiro atoms. The molecule has 1 aliphatic heterocycles. The van der Waals surface area contributed by atoms with Gasteiger partial charge >= 0.3 is 6.18 Å². The van der Waals surface area contributed by atoms with Gasteiger partial charge in [-0.2, -0.15) is 17.5 Å². The fraction of sp³-hybridized carbons (Fsp3) is 0.273. The van der Waals surface area contributed by atoms with E-state index in [9.17, 15) is 40.3 Å². The largest absolute Gasteiger partial charge is 0.492 e. The molecule has 1 aromatic heterocycles. The first-order valence-corrected chi connectivity index (χ1v) is 11.9. The van der Waals surface area contributed by atoms with Gasteiger partial charge in [0, 0.05) is 25.7 Å². The zero-order chi connectivity index (χ0) is 26.3. The summed E-state index contributed by atoms with van der Waals surface area (Å²) in [6.07, 6.45) is -5.25. The van der Waals surface area contributed by atoms with Crippen LogP contribution in [0.1, 0.15) is 17.5 Å². The Labute approximate surface area is 202 Å². The van der Waals surface area contributed by atoms with Crippen LogP contribution in [0.25, 0.3) is 5.69 Å². The number of carbonyl (C=O) groups is 1. The number of benzene rings is 2. The van der Waals surface area contributed by atoms with Gasteiger partial charge in [-0.15, -0.1) is 5.10 Å². The third-order valence-corrected chi connectivity index (χ3v) is 7.50. The molecule has 36 heavy (non-hydrogen) atoms. The number of nitrogens with one attached hydrogen (secondary N) is 1. The van der Waals surface area contributed by atoms with Crippen molar-refractivity contribution >= 4 is 15.9 Å². The van der Waals surface area contributed by atoms with Gasteiger partial charge in [0.15, 0.2) is 0 Å². The van der Waals surface area contributed by atoms with E-state index in [1.807, 2.05) is 0 Å². The summed E-state index contributed by atoms with van der Waals surface area (Å²) in [6.45, 7) is -0.877. The molecular weight excluding hydrogens is 511 g/mol. The van der Waals surface area contributed by atoms with Crippen LogP contribution in [0.3, 0.4) is 0 Å². The number of aromatic nitrogens is 2. The van der Waals surface area contributed by atoms with Crippen molar-refractivity contribution in [2.75, 3.05) is 6.54 Å². The summed E-state index contributed by atoms with van der Waals surface area (Å²) in [5.41, 5.74) is -0.563. The average Bonchev–Trinajstić information content (AvgIpc) is 3.40. The maximum atomic E-state index is 14.1. The fourth-order valence-corrected chi connectivity index (χ4v) is 5.39. The van der Waals surface area contributed by atoms with Gasteiger partial charge in [-0.25, -0.2) is 21.9 Å². The highest BCUT2D eigenvalue weighted by molar-refractivity contribution is 7.89. The van der Waals surface area contributed by atoms with Crippen LogP contribution < -0.4 is 5.32 Å². The number of hydrogen-bond donors (Lipinski definition) is 2. The molecule has 1 amide bonds. The lowest BCUT2D eigenvalue weighted by molar-refractivity contribution is -0.137. The highest BCUT2D eigenvalue weighted by Crippen LogP contribution is 2.30. The van der Waals surface area contributed by atoms with Crippen LogP contribution in [0.15, 0.2) is 59.6 Å². The molecule has 4 rings (SSSR count). The molecule has 1 aliphatic rings. The quantitative estimate of drug-likeness (QED) is 0.477. The van der Waals surface area contributed by atoms with Crippen molar-refractivity contribution in [3.63, 3.8) is 0 Å². The predicted molar refractivity (Wildman–Crippen MR) is 116 cm³/mol. The van der Waals surface area contributed by atoms with Gasteiger partial charge in [0.2, 0.25) is 21.8 Å². The Morgan fingerprint density at radius 2 is 1.75 bits per heavy atom. The Morgan fingerprint density at radius 3 is 2.36 bits per heavy atom. The molecule has 14 heteroatoms. The van der Waals surface area contributed by atoms with Gasteiger partial charge < -0.3 is 10.4 Å². The number of carbonyl (C=O) groups excluding carboxylic acids is 1. The molecule has 2 atom stereocenters. The SMILES string of the molecule is O=C(NCc1cn(-c2ccc(C(F)(F)F)cc2)nc1O)[C@@H]1C[C@@H](F)CN1S(=O)(=O)c1ccc(F)cc1. The third kappa shape index (κ3) is 5.18. The lowest BCUT2D eigenvalue weighted by Gasteiger charge is -2.23. The van der Waals surface area contributed by atoms with E-state index in [0.29, 0.717) is 4.31 Å². The summed E-state index contributed by atoms with van der Waals surface area (Å²) in [7, 11) is -4.30. The van der Waals surface area contributed by atoms with E-state index in [4.69, 9.17) is 0 Å². The molecule has 192 valence electrons. The monoisotopic (exact) mass is 530 g/mol. The molecule has 0 saturated carbocycles. The van der Waals surface area contributed by atoms with Crippen molar-refractivity contribution in [2.45, 2.75) is 36.3 Å². The Bertz CT molecular complexity index is 1360. The Balaban J connectivity index is 1.47. The first-order chi connectivity index (χ1) is 16.9. The number of nitrogens with zero attached hydrogens (tertiary/aromatic N) is 3. The van der Waals surface area contributed by atoms with E-state index in [0.717, 1.165) is 53.2 Å². The van der Waals surface area contributed by atoms with Crippen molar-refractivity contribution < 1.29 is 40.3 Å². The molecule has 2 heterocycles. The molecule has 0 bridgehead atoms. The van der Waals surface area contributed by atoms with Gasteiger partial charge in [-0.1, -0.05) is 0 Å². The first kappa shape index (κ1) is 25.6. The summed E-state index contributed by atoms with van der Waals surface area (Å²) in [5.74, 6) is -2.01. The minimum atomic E-state index is -4.52. The molecule has 0 aliphatic carbocycles. The second kappa shape index (κ2) is 9.50. The molecule has 0 radical (unpaired) electrons. The molecule has 1 saturated heterocycles. The highest BCUT2D eigenvalue weighted by atomic mass is 32.2. The van der Waals surface area contributed by atoms with Crippen LogP contribution in [0, 0.1) is 5.82 Å². The van der Waals surface area contributed by atoms with Crippen LogP contribution in [0.4, 0.5) is 22.0 Å². The lowest BCUT2D eigenvalue weighted by atomic mass is 10.2. The zero-order valence-corrected chi connectivity index (χ0v) is 19.1. The summed E-state index contributed by atoms with van der Waals surface area (Å²) in [5, 5.41) is 16.3. The summed E-state index contributed by atoms with van der Waals surface area (Å²) in [4.78, 5) is 12.5. The minimum absolute atomic E-state index is 0.0889. The number of hydrogen-bond acceptors (Lipinski definition) is 5. The van der Waals surface area contributed by atoms with E-state index in [1.165, 1.54) is 6.20 Å². The van der Waals surface area contributed by atoms with E-state index in [-0.39, 0.29) is 22.7 Å². The Hall–Kier alpha value is -3.52. The molecule has 2 N–H and O–H groups in total.